The topological polar surface area (TPSA) is 140 Å². The van der Waals surface area contributed by atoms with Crippen molar-refractivity contribution >= 4 is 31.7 Å². The van der Waals surface area contributed by atoms with Crippen molar-refractivity contribution in [3.63, 3.8) is 0 Å². The molecule has 1 aliphatic rings. The zero-order valence-electron chi connectivity index (χ0n) is 16.7. The summed E-state index contributed by atoms with van der Waals surface area (Å²) in [4.78, 5) is 25.7. The summed E-state index contributed by atoms with van der Waals surface area (Å²) in [7, 11) is -5.61. The van der Waals surface area contributed by atoms with Crippen molar-refractivity contribution in [1.29, 1.82) is 0 Å². The van der Waals surface area contributed by atoms with E-state index < -0.39 is 44.4 Å². The van der Waals surface area contributed by atoms with Crippen LogP contribution in [0, 0.1) is 0 Å². The van der Waals surface area contributed by atoms with E-state index in [2.05, 4.69) is 4.72 Å². The molecule has 1 amide bonds. The van der Waals surface area contributed by atoms with E-state index in [9.17, 15) is 26.4 Å². The zero-order valence-corrected chi connectivity index (χ0v) is 18.3. The van der Waals surface area contributed by atoms with Crippen LogP contribution in [0.15, 0.2) is 52.0 Å². The minimum atomic E-state index is -3.91. The van der Waals surface area contributed by atoms with Crippen molar-refractivity contribution in [2.45, 2.75) is 23.9 Å². The van der Waals surface area contributed by atoms with E-state index in [1.807, 2.05) is 0 Å². The number of furan rings is 1. The number of carbonyl (C=O) groups is 2. The Kier molecular flexibility index (Phi) is 6.82. The molecule has 1 saturated heterocycles. The van der Waals surface area contributed by atoms with Crippen molar-refractivity contribution in [2.24, 2.45) is 0 Å². The minimum Gasteiger partial charge on any atom is -0.468 e. The molecule has 3 rings (SSSR count). The van der Waals surface area contributed by atoms with Gasteiger partial charge in [-0.15, -0.1) is 0 Å². The number of nitrogens with zero attached hydrogens (tertiary/aromatic N) is 1. The van der Waals surface area contributed by atoms with Crippen LogP contribution in [0.3, 0.4) is 0 Å². The van der Waals surface area contributed by atoms with Gasteiger partial charge in [-0.05, 0) is 36.8 Å². The van der Waals surface area contributed by atoms with Crippen LogP contribution in [0.2, 0.25) is 0 Å². The summed E-state index contributed by atoms with van der Waals surface area (Å²) >= 11 is 0. The van der Waals surface area contributed by atoms with Crippen LogP contribution in [-0.2, 0) is 35.9 Å². The predicted molar refractivity (Wildman–Crippen MR) is 109 cm³/mol. The molecule has 0 unspecified atom stereocenters. The molecule has 0 bridgehead atoms. The van der Waals surface area contributed by atoms with E-state index in [1.165, 1.54) is 36.4 Å². The molecule has 0 aliphatic carbocycles. The van der Waals surface area contributed by atoms with E-state index >= 15 is 0 Å². The monoisotopic (exact) mass is 470 g/mol. The second-order valence-electron chi connectivity index (χ2n) is 7.07. The number of amides is 1. The summed E-state index contributed by atoms with van der Waals surface area (Å²) in [5.41, 5.74) is -0.0419. The largest absolute Gasteiger partial charge is 0.468 e. The molecule has 0 radical (unpaired) electrons. The third-order valence-electron chi connectivity index (χ3n) is 4.87. The predicted octanol–water partition coefficient (Wildman–Crippen LogP) is 0.560. The van der Waals surface area contributed by atoms with Crippen molar-refractivity contribution in [2.75, 3.05) is 25.2 Å². The average Bonchev–Trinajstić information content (AvgIpc) is 3.39. The summed E-state index contributed by atoms with van der Waals surface area (Å²) in [5.74, 6) is -1.08. The Labute approximate surface area is 180 Å². The Balaban J connectivity index is 1.59. The highest BCUT2D eigenvalue weighted by atomic mass is 32.2. The summed E-state index contributed by atoms with van der Waals surface area (Å²) in [6.45, 7) is -0.638. The lowest BCUT2D eigenvalue weighted by Crippen LogP contribution is -2.40. The van der Waals surface area contributed by atoms with Gasteiger partial charge in [0.2, 0.25) is 10.0 Å². The van der Waals surface area contributed by atoms with Gasteiger partial charge in [-0.1, -0.05) is 6.07 Å². The van der Waals surface area contributed by atoms with E-state index in [-0.39, 0.29) is 28.5 Å². The number of esters is 1. The number of hydrogen-bond donors (Lipinski definition) is 1. The standard InChI is InChI=1S/C19H22N2O8S2/c1-21(15-7-9-30(24,25)13-15)18(22)12-29-19(23)14-4-2-6-17(10-14)31(26,27)20-11-16-5-3-8-28-16/h2-6,8,10,15,20H,7,9,11-13H2,1H3/t15-/m0/s1. The molecule has 1 aliphatic heterocycles. The van der Waals surface area contributed by atoms with Crippen molar-refractivity contribution in [1.82, 2.24) is 9.62 Å². The smallest absolute Gasteiger partial charge is 0.338 e. The second kappa shape index (κ2) is 9.20. The summed E-state index contributed by atoms with van der Waals surface area (Å²) in [5, 5.41) is 0. The third kappa shape index (κ3) is 5.93. The van der Waals surface area contributed by atoms with Gasteiger partial charge in [-0.2, -0.15) is 0 Å². The van der Waals surface area contributed by atoms with Gasteiger partial charge >= 0.3 is 5.97 Å². The Morgan fingerprint density at radius 1 is 1.26 bits per heavy atom. The fourth-order valence-electron chi connectivity index (χ4n) is 3.05. The molecular weight excluding hydrogens is 448 g/mol. The van der Waals surface area contributed by atoms with E-state index in [0.717, 1.165) is 6.07 Å². The van der Waals surface area contributed by atoms with Crippen molar-refractivity contribution in [3.8, 4) is 0 Å². The second-order valence-corrected chi connectivity index (χ2v) is 11.1. The molecule has 10 nitrogen and oxygen atoms in total. The highest BCUT2D eigenvalue weighted by Gasteiger charge is 2.33. The van der Waals surface area contributed by atoms with Crippen LogP contribution >= 0.6 is 0 Å². The maximum atomic E-state index is 12.4. The van der Waals surface area contributed by atoms with Crippen LogP contribution in [-0.4, -0.2) is 64.8 Å². The van der Waals surface area contributed by atoms with Gasteiger partial charge < -0.3 is 14.1 Å². The van der Waals surface area contributed by atoms with Gasteiger partial charge in [0.1, 0.15) is 5.76 Å². The Bertz CT molecular complexity index is 1160. The maximum Gasteiger partial charge on any atom is 0.338 e. The zero-order chi connectivity index (χ0) is 22.6. The summed E-state index contributed by atoms with van der Waals surface area (Å²) in [6.07, 6.45) is 1.76. The van der Waals surface area contributed by atoms with Crippen LogP contribution in [0.4, 0.5) is 0 Å². The number of nitrogens with one attached hydrogen (secondary N) is 1. The molecular formula is C19H22N2O8S2. The lowest BCUT2D eigenvalue weighted by atomic mass is 10.2. The number of sulfone groups is 1. The van der Waals surface area contributed by atoms with Crippen LogP contribution in [0.25, 0.3) is 0 Å². The van der Waals surface area contributed by atoms with E-state index in [0.29, 0.717) is 12.2 Å². The van der Waals surface area contributed by atoms with Gasteiger partial charge in [0.15, 0.2) is 16.4 Å². The van der Waals surface area contributed by atoms with Gasteiger partial charge in [0, 0.05) is 13.1 Å². The Morgan fingerprint density at radius 3 is 2.68 bits per heavy atom. The van der Waals surface area contributed by atoms with Crippen LogP contribution < -0.4 is 4.72 Å². The molecule has 1 aromatic heterocycles. The average molecular weight is 471 g/mol. The van der Waals surface area contributed by atoms with Gasteiger partial charge in [0.05, 0.1) is 34.8 Å². The number of ether oxygens (including phenoxy) is 1. The first kappa shape index (κ1) is 23.0. The van der Waals surface area contributed by atoms with Crippen molar-refractivity contribution in [3.05, 3.63) is 54.0 Å². The first-order chi connectivity index (χ1) is 14.6. The molecule has 12 heteroatoms. The molecule has 168 valence electrons. The van der Waals surface area contributed by atoms with Gasteiger partial charge in [-0.3, -0.25) is 4.79 Å². The Hall–Kier alpha value is -2.70. The molecule has 0 spiro atoms. The molecule has 2 aromatic rings. The molecule has 2 heterocycles. The molecule has 1 N–H and O–H groups in total. The minimum absolute atomic E-state index is 0.0182. The number of likely N-dealkylation sites (N-methyl/N-ethyl adjacent to an activating group) is 1. The molecule has 31 heavy (non-hydrogen) atoms. The van der Waals surface area contributed by atoms with E-state index in [1.54, 1.807) is 12.1 Å². The fraction of sp³-hybridized carbons (Fsp3) is 0.368. The van der Waals surface area contributed by atoms with Crippen LogP contribution in [0.1, 0.15) is 22.5 Å². The number of sulfonamides is 1. The molecule has 0 saturated carbocycles. The summed E-state index contributed by atoms with van der Waals surface area (Å²) in [6, 6.07) is 8.01. The van der Waals surface area contributed by atoms with Crippen LogP contribution in [0.5, 0.6) is 0 Å². The number of rotatable bonds is 8. The molecule has 1 aromatic carbocycles. The Morgan fingerprint density at radius 2 is 2.03 bits per heavy atom. The fourth-order valence-corrected chi connectivity index (χ4v) is 5.86. The highest BCUT2D eigenvalue weighted by molar-refractivity contribution is 7.91. The maximum absolute atomic E-state index is 12.4. The summed E-state index contributed by atoms with van der Waals surface area (Å²) < 4.78 is 60.5. The molecule has 1 fully saturated rings. The normalized spacial score (nSPS) is 17.9. The van der Waals surface area contributed by atoms with Gasteiger partial charge in [-0.25, -0.2) is 26.4 Å². The number of hydrogen-bond acceptors (Lipinski definition) is 8. The number of carbonyl (C=O) groups excluding carboxylic acids is 2. The van der Waals surface area contributed by atoms with E-state index in [4.69, 9.17) is 9.15 Å². The molecule has 1 atom stereocenters. The lowest BCUT2D eigenvalue weighted by Gasteiger charge is -2.23. The highest BCUT2D eigenvalue weighted by Crippen LogP contribution is 2.17. The SMILES string of the molecule is CN(C(=O)COC(=O)c1cccc(S(=O)(=O)NCc2ccco2)c1)[C@H]1CCS(=O)(=O)C1. The quantitative estimate of drug-likeness (QED) is 0.552. The van der Waals surface area contributed by atoms with Gasteiger partial charge in [0.25, 0.3) is 5.91 Å². The first-order valence-electron chi connectivity index (χ1n) is 9.33. The van der Waals surface area contributed by atoms with Crippen molar-refractivity contribution < 1.29 is 35.6 Å². The number of benzene rings is 1. The third-order valence-corrected chi connectivity index (χ3v) is 8.02. The first-order valence-corrected chi connectivity index (χ1v) is 12.6. The lowest BCUT2D eigenvalue weighted by molar-refractivity contribution is -0.134.